The zero-order valence-corrected chi connectivity index (χ0v) is 8.97. The minimum atomic E-state index is -0.465. The molecule has 1 aromatic carbocycles. The highest BCUT2D eigenvalue weighted by Gasteiger charge is 2.15. The van der Waals surface area contributed by atoms with E-state index in [2.05, 4.69) is 0 Å². The van der Waals surface area contributed by atoms with Crippen molar-refractivity contribution in [2.45, 2.75) is 26.9 Å². The summed E-state index contributed by atoms with van der Waals surface area (Å²) in [5.74, 6) is 0.194. The van der Waals surface area contributed by atoms with Gasteiger partial charge in [-0.15, -0.1) is 0 Å². The first-order valence-electron chi connectivity index (χ1n) is 4.47. The molecule has 1 atom stereocenters. The minimum absolute atomic E-state index is 0.194. The summed E-state index contributed by atoms with van der Waals surface area (Å²) >= 11 is 6.07. The van der Waals surface area contributed by atoms with Crippen molar-refractivity contribution < 1.29 is 5.11 Å². The van der Waals surface area contributed by atoms with Gasteiger partial charge in [-0.1, -0.05) is 43.6 Å². The van der Waals surface area contributed by atoms with E-state index in [1.165, 1.54) is 0 Å². The van der Waals surface area contributed by atoms with Crippen LogP contribution in [0, 0.1) is 12.8 Å². The van der Waals surface area contributed by atoms with E-state index in [1.807, 2.05) is 39.0 Å². The first-order chi connectivity index (χ1) is 6.04. The molecule has 1 nitrogen and oxygen atoms in total. The lowest BCUT2D eigenvalue weighted by Crippen LogP contribution is -2.06. The fourth-order valence-electron chi connectivity index (χ4n) is 1.26. The quantitative estimate of drug-likeness (QED) is 0.773. The molecule has 0 aliphatic rings. The number of benzene rings is 1. The SMILES string of the molecule is Cc1cccc(C(O)C(C)C)c1Cl. The highest BCUT2D eigenvalue weighted by molar-refractivity contribution is 6.32. The summed E-state index contributed by atoms with van der Waals surface area (Å²) in [6.07, 6.45) is -0.465. The van der Waals surface area contributed by atoms with Crippen molar-refractivity contribution >= 4 is 11.6 Å². The van der Waals surface area contributed by atoms with Crippen LogP contribution in [0.1, 0.15) is 31.1 Å². The van der Waals surface area contributed by atoms with Gasteiger partial charge in [-0.2, -0.15) is 0 Å². The third-order valence-electron chi connectivity index (χ3n) is 2.17. The van der Waals surface area contributed by atoms with Crippen molar-refractivity contribution in [3.63, 3.8) is 0 Å². The smallest absolute Gasteiger partial charge is 0.0827 e. The van der Waals surface area contributed by atoms with Crippen molar-refractivity contribution in [1.29, 1.82) is 0 Å². The minimum Gasteiger partial charge on any atom is -0.388 e. The molecule has 0 aliphatic carbocycles. The number of aliphatic hydroxyl groups is 1. The number of hydrogen-bond donors (Lipinski definition) is 1. The molecule has 1 aromatic rings. The van der Waals surface area contributed by atoms with Gasteiger partial charge in [0.15, 0.2) is 0 Å². The van der Waals surface area contributed by atoms with Gasteiger partial charge in [0, 0.05) is 5.02 Å². The van der Waals surface area contributed by atoms with Gasteiger partial charge in [-0.3, -0.25) is 0 Å². The molecule has 1 N–H and O–H groups in total. The van der Waals surface area contributed by atoms with Gasteiger partial charge >= 0.3 is 0 Å². The van der Waals surface area contributed by atoms with Crippen LogP contribution in [-0.4, -0.2) is 5.11 Å². The Hall–Kier alpha value is -0.530. The second kappa shape index (κ2) is 4.12. The molecule has 0 heterocycles. The standard InChI is InChI=1S/C11H15ClO/c1-7(2)11(13)9-6-4-5-8(3)10(9)12/h4-7,11,13H,1-3H3. The maximum atomic E-state index is 9.82. The predicted octanol–water partition coefficient (Wildman–Crippen LogP) is 3.34. The summed E-state index contributed by atoms with van der Waals surface area (Å²) < 4.78 is 0. The molecular formula is C11H15ClO. The highest BCUT2D eigenvalue weighted by atomic mass is 35.5. The van der Waals surface area contributed by atoms with Crippen LogP contribution in [0.2, 0.25) is 5.02 Å². The fraction of sp³-hybridized carbons (Fsp3) is 0.455. The number of halogens is 1. The molecule has 0 amide bonds. The maximum absolute atomic E-state index is 9.82. The Kier molecular flexibility index (Phi) is 3.34. The van der Waals surface area contributed by atoms with Crippen LogP contribution in [0.5, 0.6) is 0 Å². The van der Waals surface area contributed by atoms with Gasteiger partial charge < -0.3 is 5.11 Å². The summed E-state index contributed by atoms with van der Waals surface area (Å²) in [6, 6.07) is 5.74. The lowest BCUT2D eigenvalue weighted by molar-refractivity contribution is 0.127. The topological polar surface area (TPSA) is 20.2 Å². The Morgan fingerprint density at radius 1 is 1.31 bits per heavy atom. The van der Waals surface area contributed by atoms with Crippen molar-refractivity contribution in [3.8, 4) is 0 Å². The Morgan fingerprint density at radius 2 is 1.92 bits per heavy atom. The Bertz CT molecular complexity index is 294. The van der Waals surface area contributed by atoms with Crippen LogP contribution in [0.25, 0.3) is 0 Å². The molecule has 1 unspecified atom stereocenters. The molecule has 2 heteroatoms. The summed E-state index contributed by atoms with van der Waals surface area (Å²) in [5, 5.41) is 10.5. The van der Waals surface area contributed by atoms with E-state index in [-0.39, 0.29) is 5.92 Å². The molecule has 72 valence electrons. The van der Waals surface area contributed by atoms with Crippen molar-refractivity contribution in [2.24, 2.45) is 5.92 Å². The number of aliphatic hydroxyl groups excluding tert-OH is 1. The first kappa shape index (κ1) is 10.6. The van der Waals surface area contributed by atoms with E-state index >= 15 is 0 Å². The second-order valence-corrected chi connectivity index (χ2v) is 4.04. The summed E-state index contributed by atoms with van der Waals surface area (Å²) in [5.41, 5.74) is 1.84. The maximum Gasteiger partial charge on any atom is 0.0827 e. The molecule has 0 saturated heterocycles. The summed E-state index contributed by atoms with van der Waals surface area (Å²) in [7, 11) is 0. The zero-order chi connectivity index (χ0) is 10.0. The van der Waals surface area contributed by atoms with Gasteiger partial charge in [0.1, 0.15) is 0 Å². The van der Waals surface area contributed by atoms with E-state index in [9.17, 15) is 5.11 Å². The zero-order valence-electron chi connectivity index (χ0n) is 8.21. The second-order valence-electron chi connectivity index (χ2n) is 3.67. The van der Waals surface area contributed by atoms with Crippen LogP contribution in [0.15, 0.2) is 18.2 Å². The van der Waals surface area contributed by atoms with Gasteiger partial charge in [0.2, 0.25) is 0 Å². The third-order valence-corrected chi connectivity index (χ3v) is 2.69. The molecule has 1 rings (SSSR count). The monoisotopic (exact) mass is 198 g/mol. The lowest BCUT2D eigenvalue weighted by atomic mass is 9.98. The molecule has 13 heavy (non-hydrogen) atoms. The van der Waals surface area contributed by atoms with Crippen molar-refractivity contribution in [1.82, 2.24) is 0 Å². The normalized spacial score (nSPS) is 13.4. The summed E-state index contributed by atoms with van der Waals surface area (Å²) in [6.45, 7) is 5.89. The predicted molar refractivity (Wildman–Crippen MR) is 56.0 cm³/mol. The van der Waals surface area contributed by atoms with Crippen LogP contribution in [0.4, 0.5) is 0 Å². The molecule has 0 aliphatic heterocycles. The van der Waals surface area contributed by atoms with Gasteiger partial charge in [-0.05, 0) is 24.0 Å². The number of aryl methyl sites for hydroxylation is 1. The Morgan fingerprint density at radius 3 is 2.46 bits per heavy atom. The van der Waals surface area contributed by atoms with Crippen LogP contribution in [0.3, 0.4) is 0 Å². The Balaban J connectivity index is 3.07. The van der Waals surface area contributed by atoms with E-state index in [4.69, 9.17) is 11.6 Å². The lowest BCUT2D eigenvalue weighted by Gasteiger charge is -2.17. The first-order valence-corrected chi connectivity index (χ1v) is 4.85. The molecule has 0 bridgehead atoms. The van der Waals surface area contributed by atoms with E-state index in [0.29, 0.717) is 5.02 Å². The third kappa shape index (κ3) is 2.23. The van der Waals surface area contributed by atoms with Crippen LogP contribution < -0.4 is 0 Å². The molecular weight excluding hydrogens is 184 g/mol. The highest BCUT2D eigenvalue weighted by Crippen LogP contribution is 2.29. The summed E-state index contributed by atoms with van der Waals surface area (Å²) in [4.78, 5) is 0. The average molecular weight is 199 g/mol. The molecule has 0 fully saturated rings. The molecule has 0 spiro atoms. The van der Waals surface area contributed by atoms with Crippen molar-refractivity contribution in [3.05, 3.63) is 34.3 Å². The Labute approximate surface area is 84.4 Å². The molecule has 0 aromatic heterocycles. The van der Waals surface area contributed by atoms with Gasteiger partial charge in [0.05, 0.1) is 6.10 Å². The molecule has 0 saturated carbocycles. The van der Waals surface area contributed by atoms with Gasteiger partial charge in [0.25, 0.3) is 0 Å². The fourth-order valence-corrected chi connectivity index (χ4v) is 1.50. The largest absolute Gasteiger partial charge is 0.388 e. The van der Waals surface area contributed by atoms with E-state index in [1.54, 1.807) is 0 Å². The van der Waals surface area contributed by atoms with Crippen molar-refractivity contribution in [2.75, 3.05) is 0 Å². The molecule has 0 radical (unpaired) electrons. The van der Waals surface area contributed by atoms with E-state index < -0.39 is 6.10 Å². The average Bonchev–Trinajstić information content (AvgIpc) is 2.08. The van der Waals surface area contributed by atoms with Crippen LogP contribution in [-0.2, 0) is 0 Å². The number of rotatable bonds is 2. The van der Waals surface area contributed by atoms with Gasteiger partial charge in [-0.25, -0.2) is 0 Å². The van der Waals surface area contributed by atoms with Crippen LogP contribution >= 0.6 is 11.6 Å². The number of hydrogen-bond acceptors (Lipinski definition) is 1. The van der Waals surface area contributed by atoms with E-state index in [0.717, 1.165) is 11.1 Å².